The topological polar surface area (TPSA) is 67.1 Å². The first-order chi connectivity index (χ1) is 8.20. The van der Waals surface area contributed by atoms with Crippen LogP contribution in [0.3, 0.4) is 0 Å². The molecule has 4 nitrogen and oxygen atoms in total. The van der Waals surface area contributed by atoms with Gasteiger partial charge in [-0.15, -0.1) is 0 Å². The van der Waals surface area contributed by atoms with Crippen LogP contribution in [-0.4, -0.2) is 17.5 Å². The number of para-hydroxylation sites is 1. The molecule has 18 heavy (non-hydrogen) atoms. The van der Waals surface area contributed by atoms with Crippen molar-refractivity contribution >= 4 is 17.3 Å². The van der Waals surface area contributed by atoms with E-state index >= 15 is 0 Å². The van der Waals surface area contributed by atoms with Crippen LogP contribution < -0.4 is 16.4 Å². The maximum Gasteiger partial charge on any atom is 0.242 e. The number of nitrogens with one attached hydrogen (secondary N) is 2. The Morgan fingerprint density at radius 3 is 2.44 bits per heavy atom. The number of amides is 1. The fourth-order valence-electron chi connectivity index (χ4n) is 1.65. The molecule has 0 saturated carbocycles. The van der Waals surface area contributed by atoms with Gasteiger partial charge in [0.15, 0.2) is 0 Å². The van der Waals surface area contributed by atoms with Gasteiger partial charge >= 0.3 is 0 Å². The van der Waals surface area contributed by atoms with E-state index in [2.05, 4.69) is 10.6 Å². The highest BCUT2D eigenvalue weighted by Gasteiger charge is 2.19. The second-order valence-corrected chi connectivity index (χ2v) is 5.64. The molecular weight excluding hydrogens is 226 g/mol. The highest BCUT2D eigenvalue weighted by Crippen LogP contribution is 2.23. The summed E-state index contributed by atoms with van der Waals surface area (Å²) < 4.78 is 0. The largest absolute Gasteiger partial charge is 0.397 e. The number of carbonyl (C=O) groups excluding carboxylic acids is 1. The normalized spacial score (nSPS) is 12.9. The quantitative estimate of drug-likeness (QED) is 0.720. The van der Waals surface area contributed by atoms with Crippen molar-refractivity contribution < 1.29 is 4.79 Å². The molecule has 0 spiro atoms. The van der Waals surface area contributed by atoms with Crippen LogP contribution in [0.4, 0.5) is 11.4 Å². The third kappa shape index (κ3) is 3.95. The lowest BCUT2D eigenvalue weighted by Gasteiger charge is -2.25. The third-order valence-electron chi connectivity index (χ3n) is 2.56. The van der Waals surface area contributed by atoms with E-state index in [0.29, 0.717) is 5.69 Å². The number of carbonyl (C=O) groups is 1. The second kappa shape index (κ2) is 5.29. The van der Waals surface area contributed by atoms with Crippen molar-refractivity contribution in [3.8, 4) is 0 Å². The van der Waals surface area contributed by atoms with E-state index in [-0.39, 0.29) is 17.5 Å². The fourth-order valence-corrected chi connectivity index (χ4v) is 1.65. The van der Waals surface area contributed by atoms with Crippen LogP contribution in [0.25, 0.3) is 0 Å². The molecule has 0 aliphatic rings. The lowest BCUT2D eigenvalue weighted by molar-refractivity contribution is -0.122. The first-order valence-corrected chi connectivity index (χ1v) is 6.14. The summed E-state index contributed by atoms with van der Waals surface area (Å²) in [6, 6.07) is 5.36. The molecule has 4 heteroatoms. The predicted octanol–water partition coefficient (Wildman–Crippen LogP) is 2.29. The number of anilines is 2. The number of rotatable bonds is 3. The van der Waals surface area contributed by atoms with Gasteiger partial charge in [0.25, 0.3) is 0 Å². The van der Waals surface area contributed by atoms with Crippen LogP contribution in [-0.2, 0) is 4.79 Å². The Balaban J connectivity index is 2.76. The monoisotopic (exact) mass is 249 g/mol. The van der Waals surface area contributed by atoms with Crippen molar-refractivity contribution in [2.24, 2.45) is 0 Å². The Morgan fingerprint density at radius 1 is 1.33 bits per heavy atom. The van der Waals surface area contributed by atoms with Crippen molar-refractivity contribution in [3.05, 3.63) is 23.8 Å². The summed E-state index contributed by atoms with van der Waals surface area (Å²) in [6.45, 7) is 9.67. The smallest absolute Gasteiger partial charge is 0.242 e. The van der Waals surface area contributed by atoms with Gasteiger partial charge in [0.1, 0.15) is 6.04 Å². The maximum absolute atomic E-state index is 12.0. The van der Waals surface area contributed by atoms with Gasteiger partial charge in [-0.05, 0) is 46.2 Å². The van der Waals surface area contributed by atoms with Gasteiger partial charge in [-0.2, -0.15) is 0 Å². The second-order valence-electron chi connectivity index (χ2n) is 5.64. The molecule has 0 fully saturated rings. The molecule has 1 atom stereocenters. The lowest BCUT2D eigenvalue weighted by atomic mass is 10.1. The van der Waals surface area contributed by atoms with E-state index in [1.165, 1.54) is 0 Å². The summed E-state index contributed by atoms with van der Waals surface area (Å²) >= 11 is 0. The van der Waals surface area contributed by atoms with Gasteiger partial charge in [0, 0.05) is 5.54 Å². The molecular formula is C14H23N3O. The Kier molecular flexibility index (Phi) is 4.22. The standard InChI is InChI=1S/C14H23N3O/c1-9-7-6-8-11(15)12(9)16-10(2)13(18)17-14(3,4)5/h6-8,10,16H,15H2,1-5H3,(H,17,18). The minimum atomic E-state index is -0.326. The Hall–Kier alpha value is -1.71. The van der Waals surface area contributed by atoms with Crippen molar-refractivity contribution in [2.75, 3.05) is 11.1 Å². The van der Waals surface area contributed by atoms with Gasteiger partial charge in [-0.1, -0.05) is 12.1 Å². The molecule has 1 aromatic rings. The summed E-state index contributed by atoms with van der Waals surface area (Å²) in [6.07, 6.45) is 0. The molecule has 0 bridgehead atoms. The Labute approximate surface area is 109 Å². The van der Waals surface area contributed by atoms with Crippen LogP contribution in [0.1, 0.15) is 33.3 Å². The number of nitrogens with two attached hydrogens (primary N) is 1. The minimum absolute atomic E-state index is 0.0369. The van der Waals surface area contributed by atoms with Gasteiger partial charge in [0.2, 0.25) is 5.91 Å². The molecule has 4 N–H and O–H groups in total. The van der Waals surface area contributed by atoms with Crippen LogP contribution in [0.5, 0.6) is 0 Å². The molecule has 1 aromatic carbocycles. The van der Waals surface area contributed by atoms with E-state index in [1.54, 1.807) is 0 Å². The van der Waals surface area contributed by atoms with Gasteiger partial charge < -0.3 is 16.4 Å². The summed E-state index contributed by atoms with van der Waals surface area (Å²) in [7, 11) is 0. The zero-order valence-electron chi connectivity index (χ0n) is 11.8. The molecule has 0 heterocycles. The van der Waals surface area contributed by atoms with Crippen LogP contribution in [0.15, 0.2) is 18.2 Å². The van der Waals surface area contributed by atoms with Crippen molar-refractivity contribution in [1.29, 1.82) is 0 Å². The number of benzene rings is 1. The maximum atomic E-state index is 12.0. The SMILES string of the molecule is Cc1cccc(N)c1NC(C)C(=O)NC(C)(C)C. The Bertz CT molecular complexity index is 415. The summed E-state index contributed by atoms with van der Waals surface area (Å²) in [5.41, 5.74) is 8.19. The van der Waals surface area contributed by atoms with Crippen molar-refractivity contribution in [3.63, 3.8) is 0 Å². The first-order valence-electron chi connectivity index (χ1n) is 6.14. The van der Waals surface area contributed by atoms with E-state index in [1.807, 2.05) is 52.8 Å². The summed E-state index contributed by atoms with van der Waals surface area (Å²) in [5.74, 6) is -0.0369. The molecule has 100 valence electrons. The fraction of sp³-hybridized carbons (Fsp3) is 0.500. The van der Waals surface area contributed by atoms with E-state index in [9.17, 15) is 4.79 Å². The van der Waals surface area contributed by atoms with Gasteiger partial charge in [-0.3, -0.25) is 4.79 Å². The lowest BCUT2D eigenvalue weighted by Crippen LogP contribution is -2.47. The molecule has 0 aromatic heterocycles. The van der Waals surface area contributed by atoms with Crippen molar-refractivity contribution in [1.82, 2.24) is 5.32 Å². The van der Waals surface area contributed by atoms with Gasteiger partial charge in [-0.25, -0.2) is 0 Å². The van der Waals surface area contributed by atoms with Crippen LogP contribution in [0.2, 0.25) is 0 Å². The van der Waals surface area contributed by atoms with Crippen LogP contribution >= 0.6 is 0 Å². The predicted molar refractivity (Wildman–Crippen MR) is 76.6 cm³/mol. The average Bonchev–Trinajstić information content (AvgIpc) is 2.21. The first kappa shape index (κ1) is 14.4. The zero-order valence-corrected chi connectivity index (χ0v) is 11.8. The molecule has 0 aliphatic carbocycles. The summed E-state index contributed by atoms with van der Waals surface area (Å²) in [4.78, 5) is 12.0. The third-order valence-corrected chi connectivity index (χ3v) is 2.56. The van der Waals surface area contributed by atoms with E-state index in [4.69, 9.17) is 5.73 Å². The van der Waals surface area contributed by atoms with Crippen molar-refractivity contribution in [2.45, 2.75) is 46.2 Å². The molecule has 1 unspecified atom stereocenters. The zero-order chi connectivity index (χ0) is 13.9. The molecule has 1 rings (SSSR count). The molecule has 0 radical (unpaired) electrons. The number of hydrogen-bond donors (Lipinski definition) is 3. The highest BCUT2D eigenvalue weighted by molar-refractivity contribution is 5.86. The van der Waals surface area contributed by atoms with E-state index in [0.717, 1.165) is 11.3 Å². The highest BCUT2D eigenvalue weighted by atomic mass is 16.2. The molecule has 0 saturated heterocycles. The number of aryl methyl sites for hydroxylation is 1. The number of nitrogen functional groups attached to an aromatic ring is 1. The summed E-state index contributed by atoms with van der Waals surface area (Å²) in [5, 5.41) is 6.10. The number of hydrogen-bond acceptors (Lipinski definition) is 3. The minimum Gasteiger partial charge on any atom is -0.397 e. The Morgan fingerprint density at radius 2 is 1.94 bits per heavy atom. The van der Waals surface area contributed by atoms with Gasteiger partial charge in [0.05, 0.1) is 11.4 Å². The average molecular weight is 249 g/mol. The molecule has 0 aliphatic heterocycles. The van der Waals surface area contributed by atoms with Crippen LogP contribution in [0, 0.1) is 6.92 Å². The molecule has 1 amide bonds. The van der Waals surface area contributed by atoms with E-state index < -0.39 is 0 Å².